The topological polar surface area (TPSA) is 38.3 Å². The van der Waals surface area contributed by atoms with E-state index in [2.05, 4.69) is 19.2 Å². The van der Waals surface area contributed by atoms with Gasteiger partial charge in [0.1, 0.15) is 11.6 Å². The molecule has 0 rings (SSSR count). The summed E-state index contributed by atoms with van der Waals surface area (Å²) in [6.45, 7) is 14.1. The molecule has 2 atom stereocenters. The van der Waals surface area contributed by atoms with E-state index in [1.54, 1.807) is 0 Å². The number of hydrogen-bond acceptors (Lipinski definition) is 3. The maximum absolute atomic E-state index is 12.1. The van der Waals surface area contributed by atoms with Gasteiger partial charge in [0.2, 0.25) is 0 Å². The molecule has 3 heteroatoms. The summed E-state index contributed by atoms with van der Waals surface area (Å²) in [5.41, 5.74) is -0.418. The predicted octanol–water partition coefficient (Wildman–Crippen LogP) is 3.52. The molecule has 1 N–H and O–H groups in total. The van der Waals surface area contributed by atoms with Crippen molar-refractivity contribution in [2.75, 3.05) is 0 Å². The Balaban J connectivity index is 4.43. The maximum Gasteiger partial charge on any atom is 0.323 e. The van der Waals surface area contributed by atoms with E-state index in [-0.39, 0.29) is 17.9 Å². The van der Waals surface area contributed by atoms with Gasteiger partial charge in [-0.2, -0.15) is 0 Å². The van der Waals surface area contributed by atoms with Crippen molar-refractivity contribution in [1.29, 1.82) is 0 Å². The van der Waals surface area contributed by atoms with Crippen LogP contribution in [0, 0.1) is 5.92 Å². The van der Waals surface area contributed by atoms with Crippen molar-refractivity contribution in [2.45, 2.75) is 85.4 Å². The molecule has 0 aliphatic rings. The van der Waals surface area contributed by atoms with E-state index in [0.29, 0.717) is 6.04 Å². The SMILES string of the molecule is CCCCC(C)N[C@H](C(=O)OC(C)(C)C)C(C)C. The molecule has 0 saturated carbocycles. The van der Waals surface area contributed by atoms with Gasteiger partial charge < -0.3 is 10.1 Å². The van der Waals surface area contributed by atoms with Crippen LogP contribution in [0.25, 0.3) is 0 Å². The first-order valence-electron chi connectivity index (χ1n) is 7.16. The molecule has 0 fully saturated rings. The number of carbonyl (C=O) groups is 1. The summed E-state index contributed by atoms with van der Waals surface area (Å²) in [4.78, 5) is 12.1. The Hall–Kier alpha value is -0.570. The molecule has 1 unspecified atom stereocenters. The molecule has 0 aromatic carbocycles. The molecule has 108 valence electrons. The van der Waals surface area contributed by atoms with Crippen molar-refractivity contribution in [3.05, 3.63) is 0 Å². The Morgan fingerprint density at radius 1 is 1.22 bits per heavy atom. The highest BCUT2D eigenvalue weighted by Crippen LogP contribution is 2.13. The number of nitrogens with one attached hydrogen (secondary N) is 1. The monoisotopic (exact) mass is 257 g/mol. The minimum absolute atomic E-state index is 0.138. The fourth-order valence-electron chi connectivity index (χ4n) is 1.80. The van der Waals surface area contributed by atoms with Crippen LogP contribution in [0.3, 0.4) is 0 Å². The van der Waals surface area contributed by atoms with E-state index in [1.165, 1.54) is 12.8 Å². The second kappa shape index (κ2) is 7.78. The van der Waals surface area contributed by atoms with Gasteiger partial charge in [0.05, 0.1) is 0 Å². The van der Waals surface area contributed by atoms with Crippen LogP contribution in [0.2, 0.25) is 0 Å². The van der Waals surface area contributed by atoms with Crippen LogP contribution in [0.1, 0.15) is 67.7 Å². The molecule has 0 amide bonds. The van der Waals surface area contributed by atoms with Crippen LogP contribution in [-0.2, 0) is 9.53 Å². The molecule has 0 radical (unpaired) electrons. The summed E-state index contributed by atoms with van der Waals surface area (Å²) < 4.78 is 5.47. The molecule has 0 aliphatic heterocycles. The third kappa shape index (κ3) is 7.70. The molecule has 0 aromatic rings. The Labute approximate surface area is 113 Å². The number of unbranched alkanes of at least 4 members (excludes halogenated alkanes) is 1. The largest absolute Gasteiger partial charge is 0.459 e. The Bertz CT molecular complexity index is 243. The second-order valence-electron chi connectivity index (χ2n) is 6.47. The summed E-state index contributed by atoms with van der Waals surface area (Å²) in [6.07, 6.45) is 3.47. The molecule has 0 bridgehead atoms. The van der Waals surface area contributed by atoms with Gasteiger partial charge in [-0.05, 0) is 40.0 Å². The zero-order valence-electron chi connectivity index (χ0n) is 13.2. The first-order valence-corrected chi connectivity index (χ1v) is 7.16. The average Bonchev–Trinajstić information content (AvgIpc) is 2.19. The fourth-order valence-corrected chi connectivity index (χ4v) is 1.80. The first kappa shape index (κ1) is 17.4. The van der Waals surface area contributed by atoms with E-state index in [4.69, 9.17) is 4.74 Å². The third-order valence-electron chi connectivity index (χ3n) is 2.78. The quantitative estimate of drug-likeness (QED) is 0.709. The molecule has 0 aliphatic carbocycles. The van der Waals surface area contributed by atoms with Crippen molar-refractivity contribution in [1.82, 2.24) is 5.32 Å². The molecule has 0 spiro atoms. The molecular formula is C15H31NO2. The van der Waals surface area contributed by atoms with Crippen molar-refractivity contribution in [3.8, 4) is 0 Å². The first-order chi connectivity index (χ1) is 8.17. The van der Waals surface area contributed by atoms with Crippen LogP contribution in [-0.4, -0.2) is 23.7 Å². The van der Waals surface area contributed by atoms with Crippen molar-refractivity contribution in [3.63, 3.8) is 0 Å². The number of carbonyl (C=O) groups excluding carboxylic acids is 1. The van der Waals surface area contributed by atoms with Crippen molar-refractivity contribution < 1.29 is 9.53 Å². The number of ether oxygens (including phenoxy) is 1. The highest BCUT2D eigenvalue weighted by Gasteiger charge is 2.28. The van der Waals surface area contributed by atoms with Gasteiger partial charge in [0, 0.05) is 6.04 Å². The van der Waals surface area contributed by atoms with Crippen LogP contribution < -0.4 is 5.32 Å². The van der Waals surface area contributed by atoms with Gasteiger partial charge in [0.15, 0.2) is 0 Å². The second-order valence-corrected chi connectivity index (χ2v) is 6.47. The minimum atomic E-state index is -0.418. The summed E-state index contributed by atoms with van der Waals surface area (Å²) in [5.74, 6) is 0.102. The van der Waals surface area contributed by atoms with Gasteiger partial charge in [-0.15, -0.1) is 0 Å². The summed E-state index contributed by atoms with van der Waals surface area (Å²) in [7, 11) is 0. The van der Waals surface area contributed by atoms with Crippen molar-refractivity contribution in [2.24, 2.45) is 5.92 Å². The van der Waals surface area contributed by atoms with E-state index in [1.807, 2.05) is 34.6 Å². The number of esters is 1. The highest BCUT2D eigenvalue weighted by atomic mass is 16.6. The third-order valence-corrected chi connectivity index (χ3v) is 2.78. The van der Waals surface area contributed by atoms with Crippen LogP contribution in [0.15, 0.2) is 0 Å². The maximum atomic E-state index is 12.1. The van der Waals surface area contributed by atoms with Crippen LogP contribution in [0.4, 0.5) is 0 Å². The predicted molar refractivity (Wildman–Crippen MR) is 76.6 cm³/mol. The smallest absolute Gasteiger partial charge is 0.323 e. The summed E-state index contributed by atoms with van der Waals surface area (Å²) in [5, 5.41) is 3.40. The fraction of sp³-hybridized carbons (Fsp3) is 0.933. The normalized spacial score (nSPS) is 15.6. The van der Waals surface area contributed by atoms with Crippen molar-refractivity contribution >= 4 is 5.97 Å². The lowest BCUT2D eigenvalue weighted by atomic mass is 10.0. The van der Waals surface area contributed by atoms with E-state index in [0.717, 1.165) is 6.42 Å². The van der Waals surface area contributed by atoms with E-state index >= 15 is 0 Å². The summed E-state index contributed by atoms with van der Waals surface area (Å²) in [6, 6.07) is 0.140. The molecule has 0 saturated heterocycles. The van der Waals surface area contributed by atoms with Gasteiger partial charge in [-0.25, -0.2) is 0 Å². The number of hydrogen-bond donors (Lipinski definition) is 1. The lowest BCUT2D eigenvalue weighted by Gasteiger charge is -2.28. The van der Waals surface area contributed by atoms with Gasteiger partial charge in [0.25, 0.3) is 0 Å². The molecular weight excluding hydrogens is 226 g/mol. The lowest BCUT2D eigenvalue weighted by molar-refractivity contribution is -0.159. The molecule has 3 nitrogen and oxygen atoms in total. The highest BCUT2D eigenvalue weighted by molar-refractivity contribution is 5.76. The number of rotatable bonds is 7. The summed E-state index contributed by atoms with van der Waals surface area (Å²) >= 11 is 0. The lowest BCUT2D eigenvalue weighted by Crippen LogP contribution is -2.48. The minimum Gasteiger partial charge on any atom is -0.459 e. The average molecular weight is 257 g/mol. The zero-order valence-corrected chi connectivity index (χ0v) is 13.2. The van der Waals surface area contributed by atoms with Crippen LogP contribution >= 0.6 is 0 Å². The van der Waals surface area contributed by atoms with E-state index < -0.39 is 5.60 Å². The zero-order chi connectivity index (χ0) is 14.3. The molecule has 18 heavy (non-hydrogen) atoms. The Morgan fingerprint density at radius 3 is 2.17 bits per heavy atom. The van der Waals surface area contributed by atoms with Gasteiger partial charge >= 0.3 is 5.97 Å². The van der Waals surface area contributed by atoms with Gasteiger partial charge in [-0.1, -0.05) is 33.6 Å². The van der Waals surface area contributed by atoms with E-state index in [9.17, 15) is 4.79 Å². The standard InChI is InChI=1S/C15H31NO2/c1-8-9-10-12(4)16-13(11(2)3)14(17)18-15(5,6)7/h11-13,16H,8-10H2,1-7H3/t12?,13-/m0/s1. The van der Waals surface area contributed by atoms with Gasteiger partial charge in [-0.3, -0.25) is 4.79 Å². The molecule has 0 heterocycles. The Kier molecular flexibility index (Phi) is 7.53. The van der Waals surface area contributed by atoms with Crippen LogP contribution in [0.5, 0.6) is 0 Å². The Morgan fingerprint density at radius 2 is 1.78 bits per heavy atom. The molecule has 0 aromatic heterocycles.